The molecular formula is C14H21NO2. The van der Waals surface area contributed by atoms with Crippen LogP contribution in [0.3, 0.4) is 0 Å². The molecule has 0 aliphatic heterocycles. The second kappa shape index (κ2) is 6.03. The maximum absolute atomic E-state index is 9.83. The average Bonchev–Trinajstić information content (AvgIpc) is 2.34. The normalized spacial score (nSPS) is 24.8. The summed E-state index contributed by atoms with van der Waals surface area (Å²) in [6.45, 7) is 1.67. The van der Waals surface area contributed by atoms with Crippen molar-refractivity contribution in [3.63, 3.8) is 0 Å². The van der Waals surface area contributed by atoms with Gasteiger partial charge in [0.25, 0.3) is 0 Å². The number of aliphatic hydroxyl groups excluding tert-OH is 1. The maximum Gasteiger partial charge on any atom is 0.115 e. The molecule has 1 aromatic rings. The van der Waals surface area contributed by atoms with Crippen molar-refractivity contribution in [1.29, 1.82) is 0 Å². The van der Waals surface area contributed by atoms with Crippen LogP contribution in [-0.4, -0.2) is 22.9 Å². The quantitative estimate of drug-likeness (QED) is 0.748. The van der Waals surface area contributed by atoms with E-state index in [1.807, 2.05) is 12.1 Å². The van der Waals surface area contributed by atoms with E-state index in [0.717, 1.165) is 37.9 Å². The van der Waals surface area contributed by atoms with Gasteiger partial charge in [0.2, 0.25) is 0 Å². The molecule has 2 unspecified atom stereocenters. The summed E-state index contributed by atoms with van der Waals surface area (Å²) >= 11 is 0. The second-order valence-electron chi connectivity index (χ2n) is 4.91. The molecule has 94 valence electrons. The molecule has 0 radical (unpaired) electrons. The van der Waals surface area contributed by atoms with Crippen LogP contribution in [0.25, 0.3) is 0 Å². The Kier molecular flexibility index (Phi) is 4.40. The van der Waals surface area contributed by atoms with E-state index in [4.69, 9.17) is 5.11 Å². The molecule has 1 aliphatic carbocycles. The minimum Gasteiger partial charge on any atom is -0.508 e. The molecule has 3 nitrogen and oxygen atoms in total. The minimum absolute atomic E-state index is 0.129. The van der Waals surface area contributed by atoms with Crippen molar-refractivity contribution in [2.75, 3.05) is 6.54 Å². The number of hydrogen-bond donors (Lipinski definition) is 3. The van der Waals surface area contributed by atoms with Crippen molar-refractivity contribution < 1.29 is 10.2 Å². The van der Waals surface area contributed by atoms with Crippen molar-refractivity contribution in [1.82, 2.24) is 5.32 Å². The first-order valence-electron chi connectivity index (χ1n) is 6.42. The van der Waals surface area contributed by atoms with Gasteiger partial charge >= 0.3 is 0 Å². The molecule has 2 atom stereocenters. The predicted molar refractivity (Wildman–Crippen MR) is 67.8 cm³/mol. The van der Waals surface area contributed by atoms with Gasteiger partial charge in [-0.05, 0) is 36.5 Å². The lowest BCUT2D eigenvalue weighted by Gasteiger charge is -2.27. The Labute approximate surface area is 102 Å². The SMILES string of the molecule is Oc1ccc(CNCC2CCCCC2O)cc1. The third-order valence-electron chi connectivity index (χ3n) is 3.54. The van der Waals surface area contributed by atoms with E-state index in [-0.39, 0.29) is 6.10 Å². The van der Waals surface area contributed by atoms with Crippen LogP contribution in [-0.2, 0) is 6.54 Å². The molecule has 17 heavy (non-hydrogen) atoms. The Hall–Kier alpha value is -1.06. The van der Waals surface area contributed by atoms with Crippen molar-refractivity contribution in [2.24, 2.45) is 5.92 Å². The summed E-state index contributed by atoms with van der Waals surface area (Å²) in [4.78, 5) is 0. The second-order valence-corrected chi connectivity index (χ2v) is 4.91. The third kappa shape index (κ3) is 3.72. The Morgan fingerprint density at radius 3 is 2.53 bits per heavy atom. The van der Waals surface area contributed by atoms with Crippen LogP contribution >= 0.6 is 0 Å². The number of aliphatic hydroxyl groups is 1. The molecular weight excluding hydrogens is 214 g/mol. The van der Waals surface area contributed by atoms with Crippen molar-refractivity contribution in [3.05, 3.63) is 29.8 Å². The fourth-order valence-electron chi connectivity index (χ4n) is 2.44. The summed E-state index contributed by atoms with van der Waals surface area (Å²) in [5.74, 6) is 0.706. The van der Waals surface area contributed by atoms with Gasteiger partial charge in [-0.2, -0.15) is 0 Å². The highest BCUT2D eigenvalue weighted by Crippen LogP contribution is 2.23. The predicted octanol–water partition coefficient (Wildman–Crippen LogP) is 2.03. The molecule has 3 heteroatoms. The molecule has 1 saturated carbocycles. The van der Waals surface area contributed by atoms with E-state index in [9.17, 15) is 5.11 Å². The van der Waals surface area contributed by atoms with E-state index < -0.39 is 0 Å². The summed E-state index contributed by atoms with van der Waals surface area (Å²) in [5, 5.41) is 22.4. The Balaban J connectivity index is 1.73. The van der Waals surface area contributed by atoms with E-state index in [1.165, 1.54) is 6.42 Å². The highest BCUT2D eigenvalue weighted by atomic mass is 16.3. The Morgan fingerprint density at radius 2 is 1.82 bits per heavy atom. The summed E-state index contributed by atoms with van der Waals surface area (Å²) in [6, 6.07) is 7.23. The van der Waals surface area contributed by atoms with Crippen LogP contribution in [0.1, 0.15) is 31.2 Å². The summed E-state index contributed by atoms with van der Waals surface area (Å²) in [5.41, 5.74) is 1.16. The van der Waals surface area contributed by atoms with Gasteiger partial charge in [0.05, 0.1) is 6.10 Å². The van der Waals surface area contributed by atoms with Crippen molar-refractivity contribution in [2.45, 2.75) is 38.3 Å². The lowest BCUT2D eigenvalue weighted by Crippen LogP contribution is -2.33. The minimum atomic E-state index is -0.129. The number of aromatic hydroxyl groups is 1. The lowest BCUT2D eigenvalue weighted by atomic mass is 9.86. The molecule has 0 bridgehead atoms. The smallest absolute Gasteiger partial charge is 0.115 e. The number of phenolic OH excluding ortho intramolecular Hbond substituents is 1. The molecule has 0 spiro atoms. The topological polar surface area (TPSA) is 52.5 Å². The first kappa shape index (κ1) is 12.4. The zero-order valence-corrected chi connectivity index (χ0v) is 10.1. The summed E-state index contributed by atoms with van der Waals surface area (Å²) < 4.78 is 0. The Bertz CT molecular complexity index is 337. The number of nitrogens with one attached hydrogen (secondary N) is 1. The first-order valence-corrected chi connectivity index (χ1v) is 6.42. The van der Waals surface area contributed by atoms with Crippen LogP contribution < -0.4 is 5.32 Å². The molecule has 0 heterocycles. The van der Waals surface area contributed by atoms with Crippen LogP contribution in [0.2, 0.25) is 0 Å². The first-order chi connectivity index (χ1) is 8.25. The van der Waals surface area contributed by atoms with Gasteiger partial charge in [0, 0.05) is 13.1 Å². The maximum atomic E-state index is 9.83. The molecule has 1 aliphatic rings. The monoisotopic (exact) mass is 235 g/mol. The van der Waals surface area contributed by atoms with Crippen LogP contribution in [0, 0.1) is 5.92 Å². The lowest BCUT2D eigenvalue weighted by molar-refractivity contribution is 0.0695. The van der Waals surface area contributed by atoms with E-state index in [0.29, 0.717) is 11.7 Å². The largest absolute Gasteiger partial charge is 0.508 e. The van der Waals surface area contributed by atoms with Gasteiger partial charge in [0.15, 0.2) is 0 Å². The molecule has 2 rings (SSSR count). The number of rotatable bonds is 4. The fraction of sp³-hybridized carbons (Fsp3) is 0.571. The fourth-order valence-corrected chi connectivity index (χ4v) is 2.44. The Morgan fingerprint density at radius 1 is 1.12 bits per heavy atom. The number of benzene rings is 1. The van der Waals surface area contributed by atoms with E-state index in [1.54, 1.807) is 12.1 Å². The number of hydrogen-bond acceptors (Lipinski definition) is 3. The third-order valence-corrected chi connectivity index (χ3v) is 3.54. The number of phenols is 1. The van der Waals surface area contributed by atoms with Gasteiger partial charge in [-0.15, -0.1) is 0 Å². The van der Waals surface area contributed by atoms with Gasteiger partial charge in [-0.1, -0.05) is 25.0 Å². The van der Waals surface area contributed by atoms with Gasteiger partial charge in [-0.3, -0.25) is 0 Å². The molecule has 3 N–H and O–H groups in total. The summed E-state index contributed by atoms with van der Waals surface area (Å²) in [7, 11) is 0. The van der Waals surface area contributed by atoms with Crippen LogP contribution in [0.15, 0.2) is 24.3 Å². The molecule has 0 saturated heterocycles. The van der Waals surface area contributed by atoms with Crippen molar-refractivity contribution >= 4 is 0 Å². The van der Waals surface area contributed by atoms with Gasteiger partial charge in [-0.25, -0.2) is 0 Å². The van der Waals surface area contributed by atoms with E-state index >= 15 is 0 Å². The molecule has 1 aromatic carbocycles. The van der Waals surface area contributed by atoms with Crippen LogP contribution in [0.5, 0.6) is 5.75 Å². The average molecular weight is 235 g/mol. The van der Waals surface area contributed by atoms with E-state index in [2.05, 4.69) is 5.32 Å². The van der Waals surface area contributed by atoms with Gasteiger partial charge in [0.1, 0.15) is 5.75 Å². The standard InChI is InChI=1S/C14H21NO2/c16-13-7-5-11(6-8-13)9-15-10-12-3-1-2-4-14(12)17/h5-8,12,14-17H,1-4,9-10H2. The van der Waals surface area contributed by atoms with Crippen molar-refractivity contribution in [3.8, 4) is 5.75 Å². The summed E-state index contributed by atoms with van der Waals surface area (Å²) in [6.07, 6.45) is 4.35. The zero-order valence-electron chi connectivity index (χ0n) is 10.1. The molecule has 0 amide bonds. The highest BCUT2D eigenvalue weighted by molar-refractivity contribution is 5.25. The van der Waals surface area contributed by atoms with Crippen LogP contribution in [0.4, 0.5) is 0 Å². The molecule has 0 aromatic heterocycles. The zero-order chi connectivity index (χ0) is 12.1. The van der Waals surface area contributed by atoms with Gasteiger partial charge < -0.3 is 15.5 Å². The molecule has 1 fully saturated rings. The highest BCUT2D eigenvalue weighted by Gasteiger charge is 2.22.